The van der Waals surface area contributed by atoms with Crippen LogP contribution in [0.1, 0.15) is 48.4 Å². The summed E-state index contributed by atoms with van der Waals surface area (Å²) in [6.45, 7) is 1.81. The van der Waals surface area contributed by atoms with Gasteiger partial charge < -0.3 is 14.9 Å². The molecule has 2 atom stereocenters. The van der Waals surface area contributed by atoms with Gasteiger partial charge in [-0.15, -0.1) is 0 Å². The zero-order valence-corrected chi connectivity index (χ0v) is 17.3. The second-order valence-electron chi connectivity index (χ2n) is 7.94. The summed E-state index contributed by atoms with van der Waals surface area (Å²) >= 11 is 0. The number of fused-ring (bicyclic) bond motifs is 1. The Labute approximate surface area is 183 Å². The number of hydrogen-bond acceptors (Lipinski definition) is 2. The molecule has 32 heavy (non-hydrogen) atoms. The van der Waals surface area contributed by atoms with Gasteiger partial charge in [0.1, 0.15) is 5.82 Å². The molecule has 2 unspecified atom stereocenters. The number of aliphatic carboxylic acids is 1. The topological polar surface area (TPSA) is 55.9 Å². The van der Waals surface area contributed by atoms with Crippen LogP contribution in [0, 0.1) is 5.82 Å². The molecule has 1 N–H and O–H groups in total. The van der Waals surface area contributed by atoms with E-state index < -0.39 is 29.7 Å². The molecule has 1 aromatic heterocycles. The van der Waals surface area contributed by atoms with E-state index in [1.165, 1.54) is 0 Å². The van der Waals surface area contributed by atoms with Crippen LogP contribution in [0.4, 0.5) is 13.2 Å². The van der Waals surface area contributed by atoms with Crippen LogP contribution in [-0.4, -0.2) is 11.0 Å². The van der Waals surface area contributed by atoms with Crippen LogP contribution in [0.15, 0.2) is 72.8 Å². The van der Waals surface area contributed by atoms with E-state index in [0.717, 1.165) is 28.7 Å². The van der Waals surface area contributed by atoms with E-state index in [9.17, 15) is 23.1 Å². The van der Waals surface area contributed by atoms with Crippen molar-refractivity contribution in [3.8, 4) is 11.1 Å². The van der Waals surface area contributed by atoms with Gasteiger partial charge in [0.2, 0.25) is 0 Å². The van der Waals surface area contributed by atoms with Crippen LogP contribution >= 0.6 is 0 Å². The number of carboxylic acid groups (broad SMARTS) is 1. The molecular formula is C26H21F3NO2-. The smallest absolute Gasteiger partial charge is 0.264 e. The molecule has 3 aromatic carbocycles. The van der Waals surface area contributed by atoms with Gasteiger partial charge in [-0.25, -0.2) is 13.2 Å². The number of rotatable bonds is 7. The molecule has 0 saturated carbocycles. The van der Waals surface area contributed by atoms with Gasteiger partial charge in [0.15, 0.2) is 0 Å². The summed E-state index contributed by atoms with van der Waals surface area (Å²) in [6.07, 6.45) is -3.00. The lowest BCUT2D eigenvalue weighted by Gasteiger charge is -2.26. The van der Waals surface area contributed by atoms with Crippen molar-refractivity contribution in [2.24, 2.45) is 0 Å². The number of carboxylic acids is 1. The minimum absolute atomic E-state index is 0.0138. The summed E-state index contributed by atoms with van der Waals surface area (Å²) < 4.78 is 42.9. The van der Waals surface area contributed by atoms with Crippen molar-refractivity contribution >= 4 is 16.9 Å². The SMILES string of the molecule is CC(CC(C(=O)[O-])c1cc(F)cc(-c2ccccc2)c1C(F)F)c1cc2ccccc2[nH]1. The molecule has 1 heterocycles. The number of para-hydroxylation sites is 1. The maximum atomic E-state index is 14.5. The summed E-state index contributed by atoms with van der Waals surface area (Å²) in [4.78, 5) is 15.3. The van der Waals surface area contributed by atoms with Crippen molar-refractivity contribution in [3.05, 3.63) is 95.4 Å². The first kappa shape index (κ1) is 21.7. The Morgan fingerprint density at radius 1 is 1.00 bits per heavy atom. The van der Waals surface area contributed by atoms with E-state index in [2.05, 4.69) is 4.98 Å². The summed E-state index contributed by atoms with van der Waals surface area (Å²) in [5.74, 6) is -4.01. The Kier molecular flexibility index (Phi) is 6.04. The first-order chi connectivity index (χ1) is 15.3. The number of alkyl halides is 2. The van der Waals surface area contributed by atoms with Gasteiger partial charge in [-0.05, 0) is 58.7 Å². The van der Waals surface area contributed by atoms with Crippen molar-refractivity contribution < 1.29 is 23.1 Å². The monoisotopic (exact) mass is 436 g/mol. The molecule has 0 radical (unpaired) electrons. The van der Waals surface area contributed by atoms with Crippen molar-refractivity contribution in [3.63, 3.8) is 0 Å². The van der Waals surface area contributed by atoms with Crippen LogP contribution < -0.4 is 5.11 Å². The van der Waals surface area contributed by atoms with E-state index in [4.69, 9.17) is 0 Å². The number of aromatic amines is 1. The van der Waals surface area contributed by atoms with Gasteiger partial charge in [-0.2, -0.15) is 0 Å². The average Bonchev–Trinajstić information content (AvgIpc) is 3.21. The fraction of sp³-hybridized carbons (Fsp3) is 0.192. The highest BCUT2D eigenvalue weighted by atomic mass is 19.3. The number of carbonyl (C=O) groups excluding carboxylic acids is 1. The van der Waals surface area contributed by atoms with Gasteiger partial charge in [0.25, 0.3) is 6.43 Å². The number of halogens is 3. The molecule has 0 bridgehead atoms. The lowest BCUT2D eigenvalue weighted by Crippen LogP contribution is -2.31. The minimum Gasteiger partial charge on any atom is -0.549 e. The first-order valence-electron chi connectivity index (χ1n) is 10.3. The third-order valence-electron chi connectivity index (χ3n) is 5.81. The summed E-state index contributed by atoms with van der Waals surface area (Å²) in [7, 11) is 0. The fourth-order valence-corrected chi connectivity index (χ4v) is 4.22. The summed E-state index contributed by atoms with van der Waals surface area (Å²) in [5.41, 5.74) is 1.32. The fourth-order valence-electron chi connectivity index (χ4n) is 4.22. The molecule has 3 nitrogen and oxygen atoms in total. The maximum Gasteiger partial charge on any atom is 0.264 e. The molecule has 0 amide bonds. The van der Waals surface area contributed by atoms with Crippen LogP contribution in [0.3, 0.4) is 0 Å². The number of hydrogen-bond donors (Lipinski definition) is 1. The number of aromatic nitrogens is 1. The quantitative estimate of drug-likeness (QED) is 0.390. The van der Waals surface area contributed by atoms with E-state index in [1.54, 1.807) is 37.3 Å². The van der Waals surface area contributed by atoms with E-state index in [0.29, 0.717) is 5.56 Å². The third kappa shape index (κ3) is 4.26. The molecule has 6 heteroatoms. The highest BCUT2D eigenvalue weighted by Gasteiger charge is 2.28. The van der Waals surface area contributed by atoms with Crippen LogP contribution in [0.2, 0.25) is 0 Å². The average molecular weight is 436 g/mol. The van der Waals surface area contributed by atoms with Gasteiger partial charge in [0, 0.05) is 28.7 Å². The lowest BCUT2D eigenvalue weighted by molar-refractivity contribution is -0.308. The van der Waals surface area contributed by atoms with Crippen molar-refractivity contribution in [1.82, 2.24) is 4.98 Å². The van der Waals surface area contributed by atoms with E-state index in [-0.39, 0.29) is 23.5 Å². The molecule has 0 saturated heterocycles. The van der Waals surface area contributed by atoms with Crippen molar-refractivity contribution in [1.29, 1.82) is 0 Å². The standard InChI is InChI=1S/C26H22F3NO2/c1-15(23-12-17-9-5-6-10-22(17)30-23)11-21(26(31)32)20-14-18(27)13-19(24(20)25(28)29)16-7-3-2-4-8-16/h2-10,12-15,21,25,30H,11H2,1H3,(H,31,32)/p-1. The van der Waals surface area contributed by atoms with Gasteiger partial charge in [0.05, 0.1) is 0 Å². The number of benzene rings is 3. The zero-order valence-electron chi connectivity index (χ0n) is 17.3. The van der Waals surface area contributed by atoms with E-state index in [1.807, 2.05) is 30.3 Å². The summed E-state index contributed by atoms with van der Waals surface area (Å²) in [5, 5.41) is 13.0. The van der Waals surface area contributed by atoms with Gasteiger partial charge in [-0.3, -0.25) is 0 Å². The number of carbonyl (C=O) groups is 1. The molecule has 0 spiro atoms. The number of nitrogens with one attached hydrogen (secondary N) is 1. The molecule has 0 fully saturated rings. The van der Waals surface area contributed by atoms with Crippen LogP contribution in [-0.2, 0) is 4.79 Å². The highest BCUT2D eigenvalue weighted by molar-refractivity contribution is 5.81. The second kappa shape index (κ2) is 8.91. The summed E-state index contributed by atoms with van der Waals surface area (Å²) in [6, 6.07) is 19.6. The van der Waals surface area contributed by atoms with Gasteiger partial charge in [-0.1, -0.05) is 55.5 Å². The normalized spacial score (nSPS) is 13.4. The molecule has 164 valence electrons. The Morgan fingerprint density at radius 3 is 2.34 bits per heavy atom. The molecule has 0 aliphatic carbocycles. The maximum absolute atomic E-state index is 14.5. The molecule has 4 aromatic rings. The van der Waals surface area contributed by atoms with Crippen LogP contribution in [0.25, 0.3) is 22.0 Å². The van der Waals surface area contributed by atoms with E-state index >= 15 is 0 Å². The minimum atomic E-state index is -2.98. The second-order valence-corrected chi connectivity index (χ2v) is 7.94. The highest BCUT2D eigenvalue weighted by Crippen LogP contribution is 2.40. The van der Waals surface area contributed by atoms with Gasteiger partial charge >= 0.3 is 0 Å². The molecule has 0 aliphatic rings. The first-order valence-corrected chi connectivity index (χ1v) is 10.3. The largest absolute Gasteiger partial charge is 0.549 e. The number of H-pyrrole nitrogens is 1. The zero-order chi connectivity index (χ0) is 22.8. The van der Waals surface area contributed by atoms with Crippen molar-refractivity contribution in [2.45, 2.75) is 31.6 Å². The van der Waals surface area contributed by atoms with Crippen LogP contribution in [0.5, 0.6) is 0 Å². The molecule has 0 aliphatic heterocycles. The van der Waals surface area contributed by atoms with Crippen molar-refractivity contribution in [2.75, 3.05) is 0 Å². The predicted octanol–water partition coefficient (Wildman–Crippen LogP) is 5.94. The molecular weight excluding hydrogens is 415 g/mol. The Morgan fingerprint density at radius 2 is 1.69 bits per heavy atom. The Hall–Kier alpha value is -3.54. The predicted molar refractivity (Wildman–Crippen MR) is 116 cm³/mol. The Balaban J connectivity index is 1.77. The third-order valence-corrected chi connectivity index (χ3v) is 5.81. The molecule has 4 rings (SSSR count). The Bertz CT molecular complexity index is 1220. The lowest BCUT2D eigenvalue weighted by atomic mass is 9.83.